The van der Waals surface area contributed by atoms with E-state index in [0.717, 1.165) is 11.1 Å². The molecule has 0 spiro atoms. The second kappa shape index (κ2) is 4.81. The normalized spacial score (nSPS) is 16.3. The molecule has 0 N–H and O–H groups in total. The van der Waals surface area contributed by atoms with Gasteiger partial charge in [-0.2, -0.15) is 0 Å². The molecular formula is C16H12NO3-. The molecule has 0 aromatic heterocycles. The first-order chi connectivity index (χ1) is 9.72. The molecule has 0 saturated heterocycles. The van der Waals surface area contributed by atoms with Crippen LogP contribution in [0.1, 0.15) is 17.5 Å². The van der Waals surface area contributed by atoms with Crippen molar-refractivity contribution in [3.8, 4) is 0 Å². The summed E-state index contributed by atoms with van der Waals surface area (Å²) < 4.78 is 0. The van der Waals surface area contributed by atoms with Crippen LogP contribution in [0.2, 0.25) is 0 Å². The van der Waals surface area contributed by atoms with Gasteiger partial charge in [0.2, 0.25) is 0 Å². The molecule has 0 bridgehead atoms. The Labute approximate surface area is 116 Å². The second-order valence-corrected chi connectivity index (χ2v) is 4.65. The van der Waals surface area contributed by atoms with Crippen molar-refractivity contribution in [2.45, 2.75) is 12.0 Å². The monoisotopic (exact) mass is 266 g/mol. The molecule has 4 heteroatoms. The Morgan fingerprint density at radius 3 is 1.90 bits per heavy atom. The molecular weight excluding hydrogens is 254 g/mol. The van der Waals surface area contributed by atoms with Crippen LogP contribution in [0.25, 0.3) is 0 Å². The third kappa shape index (κ3) is 1.95. The van der Waals surface area contributed by atoms with Crippen molar-refractivity contribution >= 4 is 11.7 Å². The standard InChI is InChI=1S/C16H13NO3/c18-15(19)14-11-16(20-17-14,12-7-3-1-4-8-12)13-9-5-2-6-10-13/h1-10H,11H2,(H,18,19)/p-1. The molecule has 1 aliphatic heterocycles. The second-order valence-electron chi connectivity index (χ2n) is 4.65. The highest BCUT2D eigenvalue weighted by Crippen LogP contribution is 2.40. The summed E-state index contributed by atoms with van der Waals surface area (Å²) in [7, 11) is 0. The fourth-order valence-electron chi connectivity index (χ4n) is 2.43. The van der Waals surface area contributed by atoms with Crippen molar-refractivity contribution in [2.24, 2.45) is 5.16 Å². The van der Waals surface area contributed by atoms with E-state index in [1.807, 2.05) is 60.7 Å². The lowest BCUT2D eigenvalue weighted by Crippen LogP contribution is -2.34. The van der Waals surface area contributed by atoms with Gasteiger partial charge in [0.15, 0.2) is 5.60 Å². The lowest BCUT2D eigenvalue weighted by Gasteiger charge is -2.27. The van der Waals surface area contributed by atoms with Crippen molar-refractivity contribution in [1.29, 1.82) is 0 Å². The van der Waals surface area contributed by atoms with Gasteiger partial charge in [0.25, 0.3) is 0 Å². The molecule has 1 aliphatic rings. The van der Waals surface area contributed by atoms with Gasteiger partial charge in [0.1, 0.15) is 5.71 Å². The minimum Gasteiger partial charge on any atom is -0.543 e. The Balaban J connectivity index is 2.09. The molecule has 20 heavy (non-hydrogen) atoms. The fourth-order valence-corrected chi connectivity index (χ4v) is 2.43. The average Bonchev–Trinajstić information content (AvgIpc) is 2.96. The Hall–Kier alpha value is -2.62. The van der Waals surface area contributed by atoms with E-state index in [1.165, 1.54) is 0 Å². The van der Waals surface area contributed by atoms with Crippen LogP contribution in [-0.4, -0.2) is 11.7 Å². The van der Waals surface area contributed by atoms with Crippen LogP contribution in [-0.2, 0) is 15.2 Å². The number of nitrogens with zero attached hydrogens (tertiary/aromatic N) is 1. The molecule has 0 fully saturated rings. The summed E-state index contributed by atoms with van der Waals surface area (Å²) in [4.78, 5) is 16.6. The van der Waals surface area contributed by atoms with Crippen molar-refractivity contribution in [2.75, 3.05) is 0 Å². The van der Waals surface area contributed by atoms with Crippen molar-refractivity contribution in [1.82, 2.24) is 0 Å². The third-order valence-corrected chi connectivity index (χ3v) is 3.44. The topological polar surface area (TPSA) is 61.7 Å². The van der Waals surface area contributed by atoms with Gasteiger partial charge in [0.05, 0.1) is 5.97 Å². The highest BCUT2D eigenvalue weighted by atomic mass is 16.7. The van der Waals surface area contributed by atoms with E-state index in [4.69, 9.17) is 4.84 Å². The molecule has 0 saturated carbocycles. The predicted molar refractivity (Wildman–Crippen MR) is 71.8 cm³/mol. The number of carbonyl (C=O) groups is 1. The summed E-state index contributed by atoms with van der Waals surface area (Å²) in [5.41, 5.74) is 0.771. The Morgan fingerprint density at radius 1 is 1.00 bits per heavy atom. The number of carbonyl (C=O) groups excluding carboxylic acids is 1. The predicted octanol–water partition coefficient (Wildman–Crippen LogP) is 1.46. The number of oxime groups is 1. The zero-order valence-electron chi connectivity index (χ0n) is 10.7. The van der Waals surface area contributed by atoms with E-state index < -0.39 is 11.6 Å². The van der Waals surface area contributed by atoms with Crippen LogP contribution in [0.3, 0.4) is 0 Å². The highest BCUT2D eigenvalue weighted by molar-refractivity contribution is 6.35. The number of aliphatic carboxylic acids is 1. The van der Waals surface area contributed by atoms with Gasteiger partial charge in [-0.05, 0) is 0 Å². The summed E-state index contributed by atoms with van der Waals surface area (Å²) in [5.74, 6) is -1.29. The summed E-state index contributed by atoms with van der Waals surface area (Å²) in [6.45, 7) is 0. The molecule has 0 unspecified atom stereocenters. The van der Waals surface area contributed by atoms with Gasteiger partial charge >= 0.3 is 0 Å². The van der Waals surface area contributed by atoms with Gasteiger partial charge in [-0.15, -0.1) is 0 Å². The van der Waals surface area contributed by atoms with Crippen LogP contribution < -0.4 is 5.11 Å². The molecule has 2 aromatic rings. The number of hydrogen-bond donors (Lipinski definition) is 0. The van der Waals surface area contributed by atoms with Gasteiger partial charge < -0.3 is 14.7 Å². The van der Waals surface area contributed by atoms with Gasteiger partial charge in [-0.1, -0.05) is 65.8 Å². The molecule has 2 aromatic carbocycles. The largest absolute Gasteiger partial charge is 0.543 e. The Bertz CT molecular complexity index is 610. The summed E-state index contributed by atoms with van der Waals surface area (Å²) in [6.07, 6.45) is 0.156. The maximum atomic E-state index is 11.0. The Kier molecular flexibility index (Phi) is 2.99. The zero-order valence-corrected chi connectivity index (χ0v) is 10.7. The van der Waals surface area contributed by atoms with Crippen molar-refractivity contribution < 1.29 is 14.7 Å². The van der Waals surface area contributed by atoms with Crippen LogP contribution in [0.4, 0.5) is 0 Å². The van der Waals surface area contributed by atoms with E-state index >= 15 is 0 Å². The van der Waals surface area contributed by atoms with Gasteiger partial charge in [0, 0.05) is 17.5 Å². The summed E-state index contributed by atoms with van der Waals surface area (Å²) in [6, 6.07) is 19.0. The van der Waals surface area contributed by atoms with Gasteiger partial charge in [-0.25, -0.2) is 0 Å². The minimum absolute atomic E-state index is 0.0716. The summed E-state index contributed by atoms with van der Waals surface area (Å²) in [5, 5.41) is 14.7. The van der Waals surface area contributed by atoms with E-state index in [1.54, 1.807) is 0 Å². The van der Waals surface area contributed by atoms with Crippen LogP contribution in [0.5, 0.6) is 0 Å². The molecule has 0 radical (unpaired) electrons. The van der Waals surface area contributed by atoms with Crippen LogP contribution in [0, 0.1) is 0 Å². The van der Waals surface area contributed by atoms with E-state index in [2.05, 4.69) is 5.16 Å². The summed E-state index contributed by atoms with van der Waals surface area (Å²) >= 11 is 0. The smallest absolute Gasteiger partial charge is 0.193 e. The number of benzene rings is 2. The zero-order chi connectivity index (χ0) is 14.0. The molecule has 0 amide bonds. The molecule has 100 valence electrons. The maximum Gasteiger partial charge on any atom is 0.193 e. The number of hydrogen-bond acceptors (Lipinski definition) is 4. The first-order valence-corrected chi connectivity index (χ1v) is 6.30. The number of carboxylic acids is 1. The molecule has 3 rings (SSSR count). The first-order valence-electron chi connectivity index (χ1n) is 6.30. The van der Waals surface area contributed by atoms with Crippen LogP contribution in [0.15, 0.2) is 65.8 Å². The molecule has 0 aliphatic carbocycles. The lowest BCUT2D eigenvalue weighted by atomic mass is 9.82. The lowest BCUT2D eigenvalue weighted by molar-refractivity contribution is -0.294. The third-order valence-electron chi connectivity index (χ3n) is 3.44. The fraction of sp³-hybridized carbons (Fsp3) is 0.125. The maximum absolute atomic E-state index is 11.0. The average molecular weight is 266 g/mol. The van der Waals surface area contributed by atoms with Gasteiger partial charge in [-0.3, -0.25) is 0 Å². The number of rotatable bonds is 3. The highest BCUT2D eigenvalue weighted by Gasteiger charge is 2.42. The minimum atomic E-state index is -1.29. The SMILES string of the molecule is O=C([O-])C1=NOC(c2ccccc2)(c2ccccc2)C1. The van der Waals surface area contributed by atoms with Crippen molar-refractivity contribution in [3.63, 3.8) is 0 Å². The molecule has 0 atom stereocenters. The van der Waals surface area contributed by atoms with E-state index in [9.17, 15) is 9.90 Å². The van der Waals surface area contributed by atoms with Crippen LogP contribution >= 0.6 is 0 Å². The Morgan fingerprint density at radius 2 is 1.50 bits per heavy atom. The first kappa shape index (κ1) is 12.4. The van der Waals surface area contributed by atoms with E-state index in [0.29, 0.717) is 0 Å². The number of carboxylic acid groups (broad SMARTS) is 1. The molecule has 1 heterocycles. The quantitative estimate of drug-likeness (QED) is 0.844. The van der Waals surface area contributed by atoms with Crippen molar-refractivity contribution in [3.05, 3.63) is 71.8 Å². The van der Waals surface area contributed by atoms with E-state index in [-0.39, 0.29) is 12.1 Å². The molecule has 4 nitrogen and oxygen atoms in total.